The van der Waals surface area contributed by atoms with Crippen molar-refractivity contribution < 1.29 is 0 Å². The Bertz CT molecular complexity index is 475. The summed E-state index contributed by atoms with van der Waals surface area (Å²) in [5.41, 5.74) is 1.33. The quantitative estimate of drug-likeness (QED) is 0.868. The Labute approximate surface area is 101 Å². The van der Waals surface area contributed by atoms with Crippen LogP contribution in [0.5, 0.6) is 0 Å². The van der Waals surface area contributed by atoms with E-state index in [4.69, 9.17) is 0 Å². The number of hydrogen-bond donors (Lipinski definition) is 1. The van der Waals surface area contributed by atoms with Crippen molar-refractivity contribution >= 4 is 5.95 Å². The average Bonchev–Trinajstić information content (AvgIpc) is 2.74. The predicted octanol–water partition coefficient (Wildman–Crippen LogP) is 1.60. The smallest absolute Gasteiger partial charge is 0.242 e. The van der Waals surface area contributed by atoms with Gasteiger partial charge < -0.3 is 5.32 Å². The second-order valence-corrected chi connectivity index (χ2v) is 4.73. The van der Waals surface area contributed by atoms with Gasteiger partial charge in [0.2, 0.25) is 5.95 Å². The molecule has 0 aliphatic rings. The molecule has 0 aliphatic heterocycles. The van der Waals surface area contributed by atoms with Crippen molar-refractivity contribution in [2.45, 2.75) is 19.3 Å². The third kappa shape index (κ3) is 2.61. The largest absolute Gasteiger partial charge is 0.352 e. The fourth-order valence-corrected chi connectivity index (χ4v) is 1.67. The van der Waals surface area contributed by atoms with Crippen LogP contribution in [0.4, 0.5) is 5.95 Å². The molecule has 2 aromatic rings. The van der Waals surface area contributed by atoms with E-state index in [0.717, 1.165) is 6.54 Å². The first-order valence-electron chi connectivity index (χ1n) is 5.61. The van der Waals surface area contributed by atoms with Gasteiger partial charge in [-0.1, -0.05) is 49.3 Å². The van der Waals surface area contributed by atoms with Crippen LogP contribution in [-0.4, -0.2) is 26.8 Å². The van der Waals surface area contributed by atoms with E-state index in [0.29, 0.717) is 5.95 Å². The van der Waals surface area contributed by atoms with Crippen molar-refractivity contribution in [1.29, 1.82) is 0 Å². The first-order chi connectivity index (χ1) is 8.09. The summed E-state index contributed by atoms with van der Waals surface area (Å²) in [6.07, 6.45) is 0. The van der Waals surface area contributed by atoms with Crippen molar-refractivity contribution in [2.75, 3.05) is 11.9 Å². The third-order valence-corrected chi connectivity index (χ3v) is 2.86. The molecule has 1 heterocycles. The SMILES string of the molecule is Cn1nnnc1NCC(C)(C)c1ccccc1. The third-order valence-electron chi connectivity index (χ3n) is 2.86. The van der Waals surface area contributed by atoms with Crippen molar-refractivity contribution in [3.8, 4) is 0 Å². The normalized spacial score (nSPS) is 11.5. The van der Waals surface area contributed by atoms with Crippen LogP contribution in [0.25, 0.3) is 0 Å². The molecular formula is C12H17N5. The molecule has 1 N–H and O–H groups in total. The van der Waals surface area contributed by atoms with Gasteiger partial charge in [0.25, 0.3) is 0 Å². The van der Waals surface area contributed by atoms with Gasteiger partial charge >= 0.3 is 0 Å². The number of tetrazole rings is 1. The van der Waals surface area contributed by atoms with Crippen molar-refractivity contribution in [3.63, 3.8) is 0 Å². The van der Waals surface area contributed by atoms with E-state index >= 15 is 0 Å². The molecule has 0 fully saturated rings. The molecule has 1 aromatic heterocycles. The van der Waals surface area contributed by atoms with Gasteiger partial charge in [-0.3, -0.25) is 0 Å². The Morgan fingerprint density at radius 1 is 1.24 bits per heavy atom. The van der Waals surface area contributed by atoms with Gasteiger partial charge in [0.1, 0.15) is 0 Å². The highest BCUT2D eigenvalue weighted by Crippen LogP contribution is 2.22. The van der Waals surface area contributed by atoms with Crippen LogP contribution in [0.1, 0.15) is 19.4 Å². The Balaban J connectivity index is 2.06. The molecule has 5 nitrogen and oxygen atoms in total. The lowest BCUT2D eigenvalue weighted by atomic mass is 9.85. The number of aromatic nitrogens is 4. The summed E-state index contributed by atoms with van der Waals surface area (Å²) < 4.78 is 1.63. The van der Waals surface area contributed by atoms with E-state index in [1.54, 1.807) is 4.68 Å². The molecule has 0 amide bonds. The van der Waals surface area contributed by atoms with E-state index in [9.17, 15) is 0 Å². The number of benzene rings is 1. The van der Waals surface area contributed by atoms with Crippen LogP contribution in [-0.2, 0) is 12.5 Å². The Hall–Kier alpha value is -1.91. The average molecular weight is 231 g/mol. The van der Waals surface area contributed by atoms with Crippen LogP contribution >= 0.6 is 0 Å². The van der Waals surface area contributed by atoms with Crippen LogP contribution in [0.2, 0.25) is 0 Å². The molecule has 90 valence electrons. The highest BCUT2D eigenvalue weighted by atomic mass is 15.6. The molecule has 0 radical (unpaired) electrons. The number of aryl methyl sites for hydroxylation is 1. The first kappa shape index (κ1) is 11.6. The summed E-state index contributed by atoms with van der Waals surface area (Å²) >= 11 is 0. The number of nitrogens with one attached hydrogen (secondary N) is 1. The lowest BCUT2D eigenvalue weighted by Gasteiger charge is -2.25. The van der Waals surface area contributed by atoms with Crippen molar-refractivity contribution in [1.82, 2.24) is 20.2 Å². The van der Waals surface area contributed by atoms with Crippen LogP contribution < -0.4 is 5.32 Å². The zero-order chi connectivity index (χ0) is 12.3. The van der Waals surface area contributed by atoms with E-state index < -0.39 is 0 Å². The molecule has 0 saturated heterocycles. The summed E-state index contributed by atoms with van der Waals surface area (Å²) in [7, 11) is 1.82. The first-order valence-corrected chi connectivity index (χ1v) is 5.61. The maximum Gasteiger partial charge on any atom is 0.242 e. The molecule has 0 bridgehead atoms. The molecule has 2 rings (SSSR count). The van der Waals surface area contributed by atoms with Crippen LogP contribution in [0.3, 0.4) is 0 Å². The maximum absolute atomic E-state index is 3.90. The van der Waals surface area contributed by atoms with Gasteiger partial charge in [-0.25, -0.2) is 4.68 Å². The summed E-state index contributed by atoms with van der Waals surface area (Å²) in [5, 5.41) is 14.5. The molecule has 0 saturated carbocycles. The van der Waals surface area contributed by atoms with Gasteiger partial charge in [0, 0.05) is 19.0 Å². The van der Waals surface area contributed by atoms with E-state index in [1.807, 2.05) is 13.1 Å². The van der Waals surface area contributed by atoms with Gasteiger partial charge in [0.15, 0.2) is 0 Å². The molecule has 0 aliphatic carbocycles. The number of anilines is 1. The fourth-order valence-electron chi connectivity index (χ4n) is 1.67. The lowest BCUT2D eigenvalue weighted by Crippen LogP contribution is -2.28. The van der Waals surface area contributed by atoms with E-state index in [2.05, 4.69) is 59.0 Å². The minimum atomic E-state index is 0.0349. The summed E-state index contributed by atoms with van der Waals surface area (Å²) in [4.78, 5) is 0. The fraction of sp³-hybridized carbons (Fsp3) is 0.417. The maximum atomic E-state index is 3.90. The lowest BCUT2D eigenvalue weighted by molar-refractivity contribution is 0.552. The highest BCUT2D eigenvalue weighted by molar-refractivity contribution is 5.29. The number of nitrogens with zero attached hydrogens (tertiary/aromatic N) is 4. The summed E-state index contributed by atoms with van der Waals surface area (Å²) in [6.45, 7) is 5.17. The molecule has 5 heteroatoms. The second kappa shape index (κ2) is 4.53. The topological polar surface area (TPSA) is 55.6 Å². The second-order valence-electron chi connectivity index (χ2n) is 4.73. The van der Waals surface area contributed by atoms with E-state index in [-0.39, 0.29) is 5.41 Å². The molecule has 0 spiro atoms. The highest BCUT2D eigenvalue weighted by Gasteiger charge is 2.20. The molecule has 0 unspecified atom stereocenters. The van der Waals surface area contributed by atoms with Crippen LogP contribution in [0, 0.1) is 0 Å². The number of hydrogen-bond acceptors (Lipinski definition) is 4. The Morgan fingerprint density at radius 2 is 1.94 bits per heavy atom. The summed E-state index contributed by atoms with van der Waals surface area (Å²) in [6, 6.07) is 10.4. The zero-order valence-electron chi connectivity index (χ0n) is 10.4. The van der Waals surface area contributed by atoms with Gasteiger partial charge in [0.05, 0.1) is 0 Å². The molecular weight excluding hydrogens is 214 g/mol. The van der Waals surface area contributed by atoms with Crippen LogP contribution in [0.15, 0.2) is 30.3 Å². The van der Waals surface area contributed by atoms with Gasteiger partial charge in [-0.2, -0.15) is 0 Å². The minimum absolute atomic E-state index is 0.0349. The van der Waals surface area contributed by atoms with Crippen molar-refractivity contribution in [3.05, 3.63) is 35.9 Å². The van der Waals surface area contributed by atoms with E-state index in [1.165, 1.54) is 5.56 Å². The minimum Gasteiger partial charge on any atom is -0.352 e. The molecule has 17 heavy (non-hydrogen) atoms. The van der Waals surface area contributed by atoms with Gasteiger partial charge in [-0.15, -0.1) is 0 Å². The molecule has 0 atom stereocenters. The Morgan fingerprint density at radius 3 is 2.53 bits per heavy atom. The standard InChI is InChI=1S/C12H17N5/c1-12(2,10-7-5-4-6-8-10)9-13-11-14-15-16-17(11)3/h4-8H,9H2,1-3H3,(H,13,14,16). The number of rotatable bonds is 4. The van der Waals surface area contributed by atoms with Crippen molar-refractivity contribution in [2.24, 2.45) is 7.05 Å². The molecule has 1 aromatic carbocycles. The Kier molecular flexibility index (Phi) is 3.08. The van der Waals surface area contributed by atoms with Gasteiger partial charge in [-0.05, 0) is 16.0 Å². The summed E-state index contributed by atoms with van der Waals surface area (Å²) in [5.74, 6) is 0.689. The zero-order valence-corrected chi connectivity index (χ0v) is 10.4. The predicted molar refractivity (Wildman–Crippen MR) is 66.8 cm³/mol. The monoisotopic (exact) mass is 231 g/mol.